The predicted molar refractivity (Wildman–Crippen MR) is 179 cm³/mol. The van der Waals surface area contributed by atoms with Gasteiger partial charge < -0.3 is 14.8 Å². The fraction of sp³-hybridized carbons (Fsp3) is 0.583. The Hall–Kier alpha value is -3.08. The summed E-state index contributed by atoms with van der Waals surface area (Å²) in [5, 5.41) is 9.88. The maximum atomic E-state index is 13.6. The molecule has 0 bridgehead atoms. The molecule has 0 aliphatic rings. The van der Waals surface area contributed by atoms with Gasteiger partial charge in [0.25, 0.3) is 0 Å². The van der Waals surface area contributed by atoms with Gasteiger partial charge in [0.05, 0.1) is 12.2 Å². The first-order chi connectivity index (χ1) is 20.6. The summed E-state index contributed by atoms with van der Waals surface area (Å²) in [6.07, 6.45) is 8.44. The molecule has 2 rings (SSSR count). The average Bonchev–Trinajstić information content (AvgIpc) is 3.01. The second-order valence-electron chi connectivity index (χ2n) is 9.69. The van der Waals surface area contributed by atoms with Gasteiger partial charge in [-0.1, -0.05) is 91.1 Å². The minimum Gasteiger partial charge on any atom is -0.381 e. The van der Waals surface area contributed by atoms with Crippen molar-refractivity contribution >= 4 is 12.2 Å². The van der Waals surface area contributed by atoms with Crippen molar-refractivity contribution in [3.63, 3.8) is 0 Å². The molecule has 0 fully saturated rings. The molecule has 0 aliphatic heterocycles. The third-order valence-corrected chi connectivity index (χ3v) is 5.93. The number of Topliss-reactive ketones (excluding diaryl/α,β-unsaturated/α-hetero) is 1. The van der Waals surface area contributed by atoms with Crippen molar-refractivity contribution < 1.29 is 23.5 Å². The molecular formula is C36H59FN2O4. The Morgan fingerprint density at radius 2 is 1.53 bits per heavy atom. The van der Waals surface area contributed by atoms with Gasteiger partial charge in [-0.25, -0.2) is 4.39 Å². The molecule has 2 aromatic rings. The van der Waals surface area contributed by atoms with E-state index >= 15 is 0 Å². The quantitative estimate of drug-likeness (QED) is 0.132. The normalized spacial score (nSPS) is 10.0. The van der Waals surface area contributed by atoms with Gasteiger partial charge in [0.2, 0.25) is 6.41 Å². The maximum Gasteiger partial charge on any atom is 0.207 e. The largest absolute Gasteiger partial charge is 0.381 e. The Morgan fingerprint density at radius 1 is 0.930 bits per heavy atom. The molecular weight excluding hydrogens is 543 g/mol. The van der Waals surface area contributed by atoms with Gasteiger partial charge in [-0.05, 0) is 73.9 Å². The summed E-state index contributed by atoms with van der Waals surface area (Å²) in [4.78, 5) is 20.5. The predicted octanol–water partition coefficient (Wildman–Crippen LogP) is 8.95. The van der Waals surface area contributed by atoms with Gasteiger partial charge >= 0.3 is 0 Å². The van der Waals surface area contributed by atoms with E-state index in [9.17, 15) is 14.0 Å². The van der Waals surface area contributed by atoms with Crippen LogP contribution < -0.4 is 5.32 Å². The Labute approximate surface area is 262 Å². The molecule has 0 radical (unpaired) electrons. The lowest BCUT2D eigenvalue weighted by atomic mass is 9.97. The number of benzene rings is 2. The van der Waals surface area contributed by atoms with E-state index in [1.165, 1.54) is 19.3 Å². The summed E-state index contributed by atoms with van der Waals surface area (Å²) in [6, 6.07) is 12.9. The minimum absolute atomic E-state index is 0.101. The van der Waals surface area contributed by atoms with Crippen LogP contribution in [-0.2, 0) is 25.5 Å². The number of aryl methyl sites for hydroxylation is 2. The highest BCUT2D eigenvalue weighted by molar-refractivity contribution is 5.79. The molecule has 7 heteroatoms. The molecule has 6 nitrogen and oxygen atoms in total. The lowest BCUT2D eigenvalue weighted by molar-refractivity contribution is -0.116. The maximum absolute atomic E-state index is 13.6. The highest BCUT2D eigenvalue weighted by Crippen LogP contribution is 2.24. The number of hydrogen-bond donors (Lipinski definition) is 1. The molecule has 1 unspecified atom stereocenters. The lowest BCUT2D eigenvalue weighted by Gasteiger charge is -2.13. The molecule has 0 spiro atoms. The van der Waals surface area contributed by atoms with Crippen molar-refractivity contribution in [2.24, 2.45) is 0 Å². The van der Waals surface area contributed by atoms with Gasteiger partial charge in [0.1, 0.15) is 18.1 Å². The third kappa shape index (κ3) is 25.2. The highest BCUT2D eigenvalue weighted by atomic mass is 19.1. The molecule has 244 valence electrons. The van der Waals surface area contributed by atoms with Crippen molar-refractivity contribution in [2.45, 2.75) is 113 Å². The van der Waals surface area contributed by atoms with E-state index in [-0.39, 0.29) is 18.1 Å². The van der Waals surface area contributed by atoms with Crippen LogP contribution in [0.15, 0.2) is 36.4 Å². The van der Waals surface area contributed by atoms with Crippen molar-refractivity contribution in [2.75, 3.05) is 26.9 Å². The van der Waals surface area contributed by atoms with Crippen LogP contribution in [-0.4, -0.2) is 45.2 Å². The van der Waals surface area contributed by atoms with Crippen LogP contribution in [0.4, 0.5) is 4.39 Å². The summed E-state index contributed by atoms with van der Waals surface area (Å²) in [5.74, 6) is -0.0415. The van der Waals surface area contributed by atoms with Crippen LogP contribution in [0.2, 0.25) is 0 Å². The van der Waals surface area contributed by atoms with Crippen molar-refractivity contribution in [3.8, 4) is 17.2 Å². The number of methoxy groups -OCH3 is 1. The van der Waals surface area contributed by atoms with Gasteiger partial charge in [-0.2, -0.15) is 5.26 Å². The Balaban J connectivity index is -0.000000570. The fourth-order valence-corrected chi connectivity index (χ4v) is 3.36. The van der Waals surface area contributed by atoms with E-state index in [1.54, 1.807) is 39.2 Å². The van der Waals surface area contributed by atoms with E-state index in [0.29, 0.717) is 24.5 Å². The molecule has 0 aliphatic carbocycles. The fourth-order valence-electron chi connectivity index (χ4n) is 3.36. The first kappa shape index (κ1) is 44.4. The molecule has 0 saturated carbocycles. The number of ether oxygens (including phenoxy) is 2. The SMILES string of the molecule is CC.CC(=O)Cc1ccc(-c2ccc(C)c(F)c2)cc1C.CCCC.CCCOCCC(CCC)OC.N#CCNC=O. The summed E-state index contributed by atoms with van der Waals surface area (Å²) in [5.41, 5.74) is 4.58. The minimum atomic E-state index is -0.192. The monoisotopic (exact) mass is 602 g/mol. The zero-order chi connectivity index (χ0) is 33.5. The molecule has 0 aromatic heterocycles. The number of carbonyl (C=O) groups excluding carboxylic acids is 2. The summed E-state index contributed by atoms with van der Waals surface area (Å²) in [7, 11) is 1.78. The highest BCUT2D eigenvalue weighted by Gasteiger charge is 2.06. The number of amides is 1. The van der Waals surface area contributed by atoms with Crippen LogP contribution in [0.5, 0.6) is 0 Å². The number of carbonyl (C=O) groups is 2. The van der Waals surface area contributed by atoms with E-state index in [1.807, 2.05) is 45.0 Å². The summed E-state index contributed by atoms with van der Waals surface area (Å²) < 4.78 is 24.2. The Bertz CT molecular complexity index is 1000. The molecule has 0 saturated heterocycles. The molecule has 2 aromatic carbocycles. The molecule has 1 N–H and O–H groups in total. The first-order valence-electron chi connectivity index (χ1n) is 15.6. The van der Waals surface area contributed by atoms with Gasteiger partial charge in [-0.15, -0.1) is 0 Å². The second-order valence-corrected chi connectivity index (χ2v) is 9.69. The second kappa shape index (κ2) is 31.8. The van der Waals surface area contributed by atoms with Crippen LogP contribution >= 0.6 is 0 Å². The lowest BCUT2D eigenvalue weighted by Crippen LogP contribution is -2.13. The van der Waals surface area contributed by atoms with Gasteiger partial charge in [0, 0.05) is 26.7 Å². The van der Waals surface area contributed by atoms with Crippen molar-refractivity contribution in [3.05, 3.63) is 58.9 Å². The summed E-state index contributed by atoms with van der Waals surface area (Å²) in [6.45, 7) is 19.8. The number of nitriles is 1. The van der Waals surface area contributed by atoms with Crippen molar-refractivity contribution in [1.29, 1.82) is 5.26 Å². The zero-order valence-electron chi connectivity index (χ0n) is 28.6. The average molecular weight is 603 g/mol. The van der Waals surface area contributed by atoms with Crippen LogP contribution in [0, 0.1) is 31.0 Å². The number of ketones is 1. The molecule has 1 atom stereocenters. The van der Waals surface area contributed by atoms with Crippen molar-refractivity contribution in [1.82, 2.24) is 5.32 Å². The van der Waals surface area contributed by atoms with Crippen LogP contribution in [0.3, 0.4) is 0 Å². The van der Waals surface area contributed by atoms with Gasteiger partial charge in [-0.3, -0.25) is 9.59 Å². The number of nitrogens with one attached hydrogen (secondary N) is 1. The third-order valence-electron chi connectivity index (χ3n) is 5.93. The molecule has 0 heterocycles. The van der Waals surface area contributed by atoms with E-state index in [2.05, 4.69) is 33.0 Å². The zero-order valence-corrected chi connectivity index (χ0v) is 28.6. The summed E-state index contributed by atoms with van der Waals surface area (Å²) >= 11 is 0. The smallest absolute Gasteiger partial charge is 0.207 e. The number of hydrogen-bond acceptors (Lipinski definition) is 5. The van der Waals surface area contributed by atoms with Gasteiger partial charge in [0.15, 0.2) is 0 Å². The number of nitrogens with zero attached hydrogens (tertiary/aromatic N) is 1. The number of halogens is 1. The molecule has 1 amide bonds. The standard InChI is InChI=1S/C17H17FO.C10H22O2.C4H10.C3H4N2O.C2H6/c1-11-4-5-16(10-17(11)18)15-7-6-14(9-13(3)19)12(2)8-15;1-4-6-10(11-3)7-9-12-8-5-2;1-3-4-2;4-1-2-5-3-6;1-2/h4-8,10H,9H2,1-3H3;10H,4-9H2,1-3H3;3-4H2,1-2H3;3H,2H2,(H,5,6);1-2H3. The Kier molecular flexibility index (Phi) is 32.9. The van der Waals surface area contributed by atoms with Crippen LogP contribution in [0.25, 0.3) is 11.1 Å². The van der Waals surface area contributed by atoms with E-state index < -0.39 is 0 Å². The topological polar surface area (TPSA) is 88.4 Å². The van der Waals surface area contributed by atoms with E-state index in [0.717, 1.165) is 54.7 Å². The first-order valence-corrected chi connectivity index (χ1v) is 15.6. The number of rotatable bonds is 14. The van der Waals surface area contributed by atoms with E-state index in [4.69, 9.17) is 14.7 Å². The number of unbranched alkanes of at least 4 members (excludes halogenated alkanes) is 1. The Morgan fingerprint density at radius 3 is 1.95 bits per heavy atom. The van der Waals surface area contributed by atoms with Crippen LogP contribution in [0.1, 0.15) is 104 Å². The molecule has 43 heavy (non-hydrogen) atoms.